The van der Waals surface area contributed by atoms with Gasteiger partial charge in [0.05, 0.1) is 5.56 Å². The second kappa shape index (κ2) is 7.31. The average molecular weight is 340 g/mol. The minimum Gasteiger partial charge on any atom is -0.478 e. The standard InChI is InChI=1S/C16H24N2O4S/c1-16(2,3)22-15(21)18-6-4-5-12(9-18)17-8-13-7-11(10-23-13)14(19)20/h7,10,12,17H,4-6,8-9H2,1-3H3,(H,19,20). The number of aromatic carboxylic acids is 1. The molecule has 1 fully saturated rings. The van der Waals surface area contributed by atoms with Crippen LogP contribution in [0.25, 0.3) is 0 Å². The summed E-state index contributed by atoms with van der Waals surface area (Å²) in [5, 5.41) is 14.0. The molecular formula is C16H24N2O4S. The number of nitrogens with zero attached hydrogens (tertiary/aromatic N) is 1. The molecule has 1 unspecified atom stereocenters. The Labute approximate surface area is 140 Å². The summed E-state index contributed by atoms with van der Waals surface area (Å²) in [5.74, 6) is -0.902. The van der Waals surface area contributed by atoms with Crippen LogP contribution in [0, 0.1) is 0 Å². The third-order valence-corrected chi connectivity index (χ3v) is 4.48. The molecule has 1 aliphatic heterocycles. The number of amides is 1. The van der Waals surface area contributed by atoms with Gasteiger partial charge in [0.1, 0.15) is 5.60 Å². The molecule has 1 atom stereocenters. The molecule has 1 aliphatic rings. The van der Waals surface area contributed by atoms with Gasteiger partial charge in [0, 0.05) is 35.9 Å². The summed E-state index contributed by atoms with van der Waals surface area (Å²) in [7, 11) is 0. The number of piperidine rings is 1. The number of carboxylic acids is 1. The van der Waals surface area contributed by atoms with Crippen molar-refractivity contribution in [2.45, 2.75) is 51.8 Å². The number of rotatable bonds is 4. The van der Waals surface area contributed by atoms with E-state index in [0.29, 0.717) is 18.7 Å². The van der Waals surface area contributed by atoms with E-state index in [4.69, 9.17) is 9.84 Å². The van der Waals surface area contributed by atoms with Gasteiger partial charge in [-0.15, -0.1) is 11.3 Å². The average Bonchev–Trinajstić information content (AvgIpc) is 2.93. The molecule has 0 bridgehead atoms. The third-order valence-electron chi connectivity index (χ3n) is 3.54. The van der Waals surface area contributed by atoms with Gasteiger partial charge >= 0.3 is 12.1 Å². The number of hydrogen-bond acceptors (Lipinski definition) is 5. The fourth-order valence-corrected chi connectivity index (χ4v) is 3.28. The highest BCUT2D eigenvalue weighted by Crippen LogP contribution is 2.18. The maximum Gasteiger partial charge on any atom is 0.410 e. The lowest BCUT2D eigenvalue weighted by molar-refractivity contribution is 0.0187. The summed E-state index contributed by atoms with van der Waals surface area (Å²) in [4.78, 5) is 25.7. The molecule has 1 saturated heterocycles. The van der Waals surface area contributed by atoms with Crippen molar-refractivity contribution >= 4 is 23.4 Å². The van der Waals surface area contributed by atoms with Gasteiger partial charge in [-0.1, -0.05) is 0 Å². The van der Waals surface area contributed by atoms with E-state index in [1.54, 1.807) is 16.3 Å². The van der Waals surface area contributed by atoms with Crippen molar-refractivity contribution in [3.8, 4) is 0 Å². The van der Waals surface area contributed by atoms with Crippen LogP contribution in [0.1, 0.15) is 48.8 Å². The van der Waals surface area contributed by atoms with E-state index in [9.17, 15) is 9.59 Å². The van der Waals surface area contributed by atoms with E-state index in [-0.39, 0.29) is 12.1 Å². The first-order valence-corrected chi connectivity index (χ1v) is 8.64. The van der Waals surface area contributed by atoms with Crippen molar-refractivity contribution in [2.24, 2.45) is 0 Å². The maximum absolute atomic E-state index is 12.1. The first-order valence-electron chi connectivity index (χ1n) is 7.76. The number of carbonyl (C=O) groups excluding carboxylic acids is 1. The molecule has 0 aromatic carbocycles. The Bertz CT molecular complexity index is 565. The zero-order chi connectivity index (χ0) is 17.0. The van der Waals surface area contributed by atoms with Crippen LogP contribution >= 0.6 is 11.3 Å². The molecule has 128 valence electrons. The predicted octanol–water partition coefficient (Wildman–Crippen LogP) is 2.94. The summed E-state index contributed by atoms with van der Waals surface area (Å²) in [6.07, 6.45) is 1.66. The van der Waals surface area contributed by atoms with E-state index in [2.05, 4.69) is 5.32 Å². The molecule has 7 heteroatoms. The second-order valence-electron chi connectivity index (χ2n) is 6.75. The van der Waals surface area contributed by atoms with E-state index in [1.807, 2.05) is 20.8 Å². The van der Waals surface area contributed by atoms with Gasteiger partial charge < -0.3 is 20.1 Å². The lowest BCUT2D eigenvalue weighted by Gasteiger charge is -2.34. The van der Waals surface area contributed by atoms with Crippen LogP contribution in [0.3, 0.4) is 0 Å². The summed E-state index contributed by atoms with van der Waals surface area (Å²) in [6.45, 7) is 7.54. The molecular weight excluding hydrogens is 316 g/mol. The van der Waals surface area contributed by atoms with Crippen molar-refractivity contribution in [3.63, 3.8) is 0 Å². The van der Waals surface area contributed by atoms with Crippen molar-refractivity contribution in [2.75, 3.05) is 13.1 Å². The molecule has 2 heterocycles. The smallest absolute Gasteiger partial charge is 0.410 e. The van der Waals surface area contributed by atoms with Gasteiger partial charge in [-0.3, -0.25) is 0 Å². The van der Waals surface area contributed by atoms with Gasteiger partial charge in [-0.2, -0.15) is 0 Å². The number of carbonyl (C=O) groups is 2. The van der Waals surface area contributed by atoms with Gasteiger partial charge in [0.2, 0.25) is 0 Å². The molecule has 1 amide bonds. The van der Waals surface area contributed by atoms with Crippen LogP contribution in [-0.2, 0) is 11.3 Å². The molecule has 0 radical (unpaired) electrons. The van der Waals surface area contributed by atoms with Gasteiger partial charge in [0.15, 0.2) is 0 Å². The Morgan fingerprint density at radius 1 is 1.48 bits per heavy atom. The predicted molar refractivity (Wildman–Crippen MR) is 88.9 cm³/mol. The molecule has 1 aromatic rings. The summed E-state index contributed by atoms with van der Waals surface area (Å²) < 4.78 is 5.41. The lowest BCUT2D eigenvalue weighted by atomic mass is 10.1. The van der Waals surface area contributed by atoms with Gasteiger partial charge in [-0.25, -0.2) is 9.59 Å². The number of likely N-dealkylation sites (tertiary alicyclic amines) is 1. The van der Waals surface area contributed by atoms with Crippen LogP contribution in [0.15, 0.2) is 11.4 Å². The first-order chi connectivity index (χ1) is 10.7. The number of hydrogen-bond donors (Lipinski definition) is 2. The summed E-state index contributed by atoms with van der Waals surface area (Å²) >= 11 is 1.43. The molecule has 2 rings (SSSR count). The van der Waals surface area contributed by atoms with E-state index >= 15 is 0 Å². The molecule has 1 aromatic heterocycles. The van der Waals surface area contributed by atoms with Gasteiger partial charge in [0.25, 0.3) is 0 Å². The monoisotopic (exact) mass is 340 g/mol. The molecule has 2 N–H and O–H groups in total. The molecule has 23 heavy (non-hydrogen) atoms. The highest BCUT2D eigenvalue weighted by molar-refractivity contribution is 7.10. The number of ether oxygens (including phenoxy) is 1. The SMILES string of the molecule is CC(C)(C)OC(=O)N1CCCC(NCc2cc(C(=O)O)cs2)C1. The zero-order valence-electron chi connectivity index (χ0n) is 13.8. The zero-order valence-corrected chi connectivity index (χ0v) is 14.6. The van der Waals surface area contributed by atoms with Crippen LogP contribution in [0.2, 0.25) is 0 Å². The topological polar surface area (TPSA) is 78.9 Å². The fourth-order valence-electron chi connectivity index (χ4n) is 2.47. The van der Waals surface area contributed by atoms with Crippen LogP contribution in [0.4, 0.5) is 4.79 Å². The van der Waals surface area contributed by atoms with Crippen LogP contribution in [0.5, 0.6) is 0 Å². The quantitative estimate of drug-likeness (QED) is 0.881. The fraction of sp³-hybridized carbons (Fsp3) is 0.625. The Hall–Kier alpha value is -1.60. The van der Waals surface area contributed by atoms with Gasteiger partial charge in [-0.05, 0) is 39.7 Å². The molecule has 6 nitrogen and oxygen atoms in total. The van der Waals surface area contributed by atoms with Crippen molar-refractivity contribution in [1.29, 1.82) is 0 Å². The molecule has 0 spiro atoms. The largest absolute Gasteiger partial charge is 0.478 e. The number of carboxylic acid groups (broad SMARTS) is 1. The Kier molecular flexibility index (Phi) is 5.64. The highest BCUT2D eigenvalue weighted by Gasteiger charge is 2.27. The first kappa shape index (κ1) is 17.7. The number of thiophene rings is 1. The lowest BCUT2D eigenvalue weighted by Crippen LogP contribution is -2.49. The normalized spacial score (nSPS) is 18.7. The Balaban J connectivity index is 1.83. The third kappa shape index (κ3) is 5.51. The Morgan fingerprint density at radius 2 is 2.22 bits per heavy atom. The van der Waals surface area contributed by atoms with E-state index in [0.717, 1.165) is 24.3 Å². The van der Waals surface area contributed by atoms with E-state index < -0.39 is 11.6 Å². The van der Waals surface area contributed by atoms with Crippen molar-refractivity contribution in [3.05, 3.63) is 21.9 Å². The minimum atomic E-state index is -0.902. The Morgan fingerprint density at radius 3 is 2.83 bits per heavy atom. The molecule has 0 aliphatic carbocycles. The van der Waals surface area contributed by atoms with Crippen molar-refractivity contribution in [1.82, 2.24) is 10.2 Å². The number of nitrogens with one attached hydrogen (secondary N) is 1. The second-order valence-corrected chi connectivity index (χ2v) is 7.75. The van der Waals surface area contributed by atoms with Crippen LogP contribution in [-0.4, -0.2) is 46.8 Å². The summed E-state index contributed by atoms with van der Waals surface area (Å²) in [6, 6.07) is 1.89. The van der Waals surface area contributed by atoms with E-state index in [1.165, 1.54) is 11.3 Å². The highest BCUT2D eigenvalue weighted by atomic mass is 32.1. The minimum absolute atomic E-state index is 0.201. The summed E-state index contributed by atoms with van der Waals surface area (Å²) in [5.41, 5.74) is -0.160. The van der Waals surface area contributed by atoms with Crippen molar-refractivity contribution < 1.29 is 19.4 Å². The molecule has 0 saturated carbocycles. The van der Waals surface area contributed by atoms with Crippen LogP contribution < -0.4 is 5.32 Å². The maximum atomic E-state index is 12.1.